The van der Waals surface area contributed by atoms with Gasteiger partial charge in [-0.05, 0) is 36.0 Å². The van der Waals surface area contributed by atoms with Crippen molar-refractivity contribution in [2.24, 2.45) is 5.92 Å². The highest BCUT2D eigenvalue weighted by Crippen LogP contribution is 2.39. The van der Waals surface area contributed by atoms with E-state index >= 15 is 0 Å². The molecule has 0 aliphatic heterocycles. The van der Waals surface area contributed by atoms with Crippen molar-refractivity contribution in [3.63, 3.8) is 0 Å². The molecule has 1 fully saturated rings. The van der Waals surface area contributed by atoms with Gasteiger partial charge in [0.15, 0.2) is 0 Å². The summed E-state index contributed by atoms with van der Waals surface area (Å²) in [4.78, 5) is 4.13. The Morgan fingerprint density at radius 1 is 1.28 bits per heavy atom. The third-order valence-electron chi connectivity index (χ3n) is 4.46. The van der Waals surface area contributed by atoms with Crippen LogP contribution >= 0.6 is 0 Å². The molecule has 1 aliphatic rings. The molecule has 0 spiro atoms. The zero-order valence-electron chi connectivity index (χ0n) is 14.0. The van der Waals surface area contributed by atoms with Crippen LogP contribution in [-0.4, -0.2) is 31.7 Å². The minimum absolute atomic E-state index is 0.0365. The Morgan fingerprint density at radius 3 is 2.64 bits per heavy atom. The summed E-state index contributed by atoms with van der Waals surface area (Å²) in [6.07, 6.45) is 3.98. The third kappa shape index (κ3) is 4.56. The zero-order chi connectivity index (χ0) is 17.9. The van der Waals surface area contributed by atoms with Crippen molar-refractivity contribution in [1.82, 2.24) is 9.71 Å². The molecular formula is C18H22N2O4S. The van der Waals surface area contributed by atoms with Crippen LogP contribution in [0.2, 0.25) is 0 Å². The van der Waals surface area contributed by atoms with Gasteiger partial charge in [-0.15, -0.1) is 0 Å². The second kappa shape index (κ2) is 7.51. The predicted octanol–water partition coefficient (Wildman–Crippen LogP) is 2.02. The monoisotopic (exact) mass is 362 g/mol. The van der Waals surface area contributed by atoms with E-state index in [0.29, 0.717) is 18.6 Å². The average molecular weight is 362 g/mol. The molecule has 1 aliphatic carbocycles. The molecule has 1 atom stereocenters. The van der Waals surface area contributed by atoms with Gasteiger partial charge >= 0.3 is 0 Å². The number of hydrogen-bond acceptors (Lipinski definition) is 5. The Balaban J connectivity index is 1.82. The van der Waals surface area contributed by atoms with Gasteiger partial charge in [-0.2, -0.15) is 0 Å². The summed E-state index contributed by atoms with van der Waals surface area (Å²) in [6, 6.07) is 10.4. The van der Waals surface area contributed by atoms with Crippen LogP contribution in [0.15, 0.2) is 48.8 Å². The molecule has 1 aromatic heterocycles. The van der Waals surface area contributed by atoms with E-state index in [1.54, 1.807) is 37.7 Å². The zero-order valence-corrected chi connectivity index (χ0v) is 14.8. The number of nitrogens with zero attached hydrogens (tertiary/aromatic N) is 1. The highest BCUT2D eigenvalue weighted by Gasteiger charge is 2.37. The molecule has 3 rings (SSSR count). The molecule has 6 nitrogen and oxygen atoms in total. The first-order chi connectivity index (χ1) is 12.0. The Hall–Kier alpha value is -1.96. The maximum absolute atomic E-state index is 12.6. The fourth-order valence-electron chi connectivity index (χ4n) is 3.08. The molecule has 0 saturated heterocycles. The fourth-order valence-corrected chi connectivity index (χ4v) is 4.51. The van der Waals surface area contributed by atoms with Gasteiger partial charge in [-0.1, -0.05) is 30.3 Å². The first-order valence-electron chi connectivity index (χ1n) is 8.18. The number of rotatable bonds is 7. The van der Waals surface area contributed by atoms with Gasteiger partial charge in [0.1, 0.15) is 5.75 Å². The van der Waals surface area contributed by atoms with Crippen LogP contribution in [0.5, 0.6) is 5.75 Å². The van der Waals surface area contributed by atoms with Gasteiger partial charge in [-0.3, -0.25) is 4.98 Å². The first kappa shape index (κ1) is 17.8. The van der Waals surface area contributed by atoms with E-state index in [9.17, 15) is 13.5 Å². The lowest BCUT2D eigenvalue weighted by Gasteiger charge is -2.38. The molecule has 1 heterocycles. The third-order valence-corrected chi connectivity index (χ3v) is 5.78. The van der Waals surface area contributed by atoms with Crippen molar-refractivity contribution in [2.75, 3.05) is 7.11 Å². The molecule has 0 amide bonds. The van der Waals surface area contributed by atoms with Gasteiger partial charge in [0.2, 0.25) is 10.0 Å². The van der Waals surface area contributed by atoms with Crippen molar-refractivity contribution in [3.05, 3.63) is 59.9 Å². The van der Waals surface area contributed by atoms with Crippen LogP contribution in [0, 0.1) is 5.92 Å². The molecule has 134 valence electrons. The molecular weight excluding hydrogens is 340 g/mol. The number of nitrogens with one attached hydrogen (secondary N) is 1. The second-order valence-electron chi connectivity index (χ2n) is 6.38. The van der Waals surface area contributed by atoms with E-state index in [-0.39, 0.29) is 17.8 Å². The summed E-state index contributed by atoms with van der Waals surface area (Å²) in [5.41, 5.74) is 1.47. The van der Waals surface area contributed by atoms with E-state index in [1.807, 2.05) is 18.2 Å². The lowest BCUT2D eigenvalue weighted by atomic mass is 9.76. The molecule has 0 radical (unpaired) electrons. The lowest BCUT2D eigenvalue weighted by Crippen LogP contribution is -2.41. The van der Waals surface area contributed by atoms with Crippen molar-refractivity contribution >= 4 is 10.0 Å². The number of ether oxygens (including phenoxy) is 1. The molecule has 2 aromatic rings. The Morgan fingerprint density at radius 2 is 2.00 bits per heavy atom. The van der Waals surface area contributed by atoms with Gasteiger partial charge in [0.25, 0.3) is 0 Å². The lowest BCUT2D eigenvalue weighted by molar-refractivity contribution is 0.0279. The van der Waals surface area contributed by atoms with Crippen LogP contribution in [0.3, 0.4) is 0 Å². The summed E-state index contributed by atoms with van der Waals surface area (Å²) < 4.78 is 33.3. The maximum atomic E-state index is 12.6. The van der Waals surface area contributed by atoms with E-state index < -0.39 is 16.1 Å². The van der Waals surface area contributed by atoms with Crippen LogP contribution in [0.4, 0.5) is 0 Å². The van der Waals surface area contributed by atoms with E-state index in [0.717, 1.165) is 11.1 Å². The van der Waals surface area contributed by atoms with Crippen molar-refractivity contribution in [3.8, 4) is 5.75 Å². The van der Waals surface area contributed by atoms with Crippen molar-refractivity contribution in [2.45, 2.75) is 30.7 Å². The van der Waals surface area contributed by atoms with Crippen molar-refractivity contribution < 1.29 is 18.3 Å². The summed E-state index contributed by atoms with van der Waals surface area (Å²) in [6.45, 7) is 0. The number of methoxy groups -OCH3 is 1. The van der Waals surface area contributed by atoms with Crippen LogP contribution in [0.25, 0.3) is 0 Å². The summed E-state index contributed by atoms with van der Waals surface area (Å²) in [5.74, 6) is 0.524. The van der Waals surface area contributed by atoms with Crippen LogP contribution in [0.1, 0.15) is 30.0 Å². The smallest absolute Gasteiger partial charge is 0.216 e. The summed E-state index contributed by atoms with van der Waals surface area (Å²) >= 11 is 0. The van der Waals surface area contributed by atoms with Gasteiger partial charge in [0.05, 0.1) is 31.2 Å². The molecule has 7 heteroatoms. The predicted molar refractivity (Wildman–Crippen MR) is 94.5 cm³/mol. The SMILES string of the molecule is COc1cncc(C(NS(=O)(=O)Cc2ccccc2)C2CC(O)C2)c1. The van der Waals surface area contributed by atoms with Gasteiger partial charge in [0, 0.05) is 6.20 Å². The van der Waals surface area contributed by atoms with Gasteiger partial charge < -0.3 is 9.84 Å². The molecule has 1 aromatic carbocycles. The Bertz CT molecular complexity index is 805. The van der Waals surface area contributed by atoms with Gasteiger partial charge in [-0.25, -0.2) is 13.1 Å². The van der Waals surface area contributed by atoms with Crippen LogP contribution < -0.4 is 9.46 Å². The van der Waals surface area contributed by atoms with Crippen molar-refractivity contribution in [1.29, 1.82) is 0 Å². The van der Waals surface area contributed by atoms with Crippen LogP contribution in [-0.2, 0) is 15.8 Å². The number of aromatic nitrogens is 1. The Kier molecular flexibility index (Phi) is 5.36. The topological polar surface area (TPSA) is 88.5 Å². The highest BCUT2D eigenvalue weighted by molar-refractivity contribution is 7.88. The second-order valence-corrected chi connectivity index (χ2v) is 8.14. The number of aliphatic hydroxyl groups is 1. The molecule has 0 bridgehead atoms. The van der Waals surface area contributed by atoms with E-state index in [1.165, 1.54) is 0 Å². The number of hydrogen-bond donors (Lipinski definition) is 2. The Labute approximate surface area is 147 Å². The summed E-state index contributed by atoms with van der Waals surface area (Å²) in [5, 5.41) is 9.63. The van der Waals surface area contributed by atoms with E-state index in [4.69, 9.17) is 4.74 Å². The largest absolute Gasteiger partial charge is 0.495 e. The number of benzene rings is 1. The summed E-state index contributed by atoms with van der Waals surface area (Å²) in [7, 11) is -2.00. The molecule has 1 unspecified atom stereocenters. The first-order valence-corrected chi connectivity index (χ1v) is 9.83. The standard InChI is InChI=1S/C18H22N2O4S/c1-24-17-9-15(10-19-11-17)18(14-7-16(21)8-14)20-25(22,23)12-13-5-3-2-4-6-13/h2-6,9-11,14,16,18,20-21H,7-8,12H2,1H3. The fraction of sp³-hybridized carbons (Fsp3) is 0.389. The quantitative estimate of drug-likeness (QED) is 0.787. The number of aliphatic hydroxyl groups excluding tert-OH is 1. The van der Waals surface area contributed by atoms with E-state index in [2.05, 4.69) is 9.71 Å². The molecule has 2 N–H and O–H groups in total. The maximum Gasteiger partial charge on any atom is 0.216 e. The molecule has 25 heavy (non-hydrogen) atoms. The number of pyridine rings is 1. The highest BCUT2D eigenvalue weighted by atomic mass is 32.2. The number of sulfonamides is 1. The minimum atomic E-state index is -3.54. The molecule has 1 saturated carbocycles. The normalized spacial score (nSPS) is 21.4. The average Bonchev–Trinajstić information content (AvgIpc) is 2.58. The minimum Gasteiger partial charge on any atom is -0.495 e.